The number of hydrogen-bond donors (Lipinski definition) is 0. The SMILES string of the molecule is O=C(Cc1ccc2c(c1)OCCO2)OCc1ccccc1Cl. The Hall–Kier alpha value is -2.20. The maximum Gasteiger partial charge on any atom is 0.310 e. The van der Waals surface area contributed by atoms with E-state index in [1.54, 1.807) is 6.07 Å². The molecule has 0 aliphatic carbocycles. The van der Waals surface area contributed by atoms with Gasteiger partial charge in [0.2, 0.25) is 0 Å². The van der Waals surface area contributed by atoms with Crippen LogP contribution in [0.25, 0.3) is 0 Å². The van der Waals surface area contributed by atoms with E-state index in [9.17, 15) is 4.79 Å². The molecule has 0 radical (unpaired) electrons. The minimum atomic E-state index is -0.309. The molecule has 0 atom stereocenters. The number of ether oxygens (including phenoxy) is 3. The molecule has 0 N–H and O–H groups in total. The summed E-state index contributed by atoms with van der Waals surface area (Å²) in [5.41, 5.74) is 1.62. The topological polar surface area (TPSA) is 44.8 Å². The van der Waals surface area contributed by atoms with Crippen molar-refractivity contribution >= 4 is 17.6 Å². The smallest absolute Gasteiger partial charge is 0.310 e. The van der Waals surface area contributed by atoms with Gasteiger partial charge in [-0.2, -0.15) is 0 Å². The van der Waals surface area contributed by atoms with E-state index in [2.05, 4.69) is 0 Å². The second-order valence-electron chi connectivity index (χ2n) is 4.91. The van der Waals surface area contributed by atoms with Crippen LogP contribution < -0.4 is 9.47 Å². The second-order valence-corrected chi connectivity index (χ2v) is 5.31. The molecule has 0 saturated carbocycles. The van der Waals surface area contributed by atoms with Crippen molar-refractivity contribution in [2.75, 3.05) is 13.2 Å². The maximum atomic E-state index is 11.9. The molecule has 5 heteroatoms. The molecular formula is C17H15ClO4. The highest BCUT2D eigenvalue weighted by Gasteiger charge is 2.14. The summed E-state index contributed by atoms with van der Waals surface area (Å²) in [5, 5.41) is 0.592. The van der Waals surface area contributed by atoms with Crippen LogP contribution >= 0.6 is 11.6 Å². The van der Waals surface area contributed by atoms with E-state index >= 15 is 0 Å². The van der Waals surface area contributed by atoms with Crippen LogP contribution in [0.4, 0.5) is 0 Å². The Morgan fingerprint density at radius 3 is 2.68 bits per heavy atom. The van der Waals surface area contributed by atoms with Gasteiger partial charge in [-0.1, -0.05) is 35.9 Å². The molecule has 1 aliphatic heterocycles. The zero-order chi connectivity index (χ0) is 15.4. The summed E-state index contributed by atoms with van der Waals surface area (Å²) in [4.78, 5) is 11.9. The minimum Gasteiger partial charge on any atom is -0.486 e. The molecule has 3 rings (SSSR count). The van der Waals surface area contributed by atoms with Gasteiger partial charge in [0, 0.05) is 10.6 Å². The Kier molecular flexibility index (Phi) is 4.49. The Morgan fingerprint density at radius 1 is 1.09 bits per heavy atom. The van der Waals surface area contributed by atoms with Crippen LogP contribution in [-0.2, 0) is 22.6 Å². The van der Waals surface area contributed by atoms with Gasteiger partial charge in [0.05, 0.1) is 6.42 Å². The van der Waals surface area contributed by atoms with Crippen LogP contribution in [0.2, 0.25) is 5.02 Å². The lowest BCUT2D eigenvalue weighted by Gasteiger charge is -2.18. The van der Waals surface area contributed by atoms with Gasteiger partial charge in [0.1, 0.15) is 19.8 Å². The van der Waals surface area contributed by atoms with Crippen molar-refractivity contribution in [2.45, 2.75) is 13.0 Å². The van der Waals surface area contributed by atoms with Gasteiger partial charge < -0.3 is 14.2 Å². The molecule has 1 aliphatic rings. The molecule has 0 bridgehead atoms. The Bertz CT molecular complexity index is 684. The van der Waals surface area contributed by atoms with Gasteiger partial charge >= 0.3 is 5.97 Å². The predicted molar refractivity (Wildman–Crippen MR) is 82.4 cm³/mol. The average Bonchev–Trinajstić information content (AvgIpc) is 2.54. The normalized spacial score (nSPS) is 12.8. The monoisotopic (exact) mass is 318 g/mol. The Labute approximate surface area is 133 Å². The zero-order valence-electron chi connectivity index (χ0n) is 11.9. The van der Waals surface area contributed by atoms with Crippen LogP contribution in [0.1, 0.15) is 11.1 Å². The lowest BCUT2D eigenvalue weighted by Crippen LogP contribution is -2.16. The average molecular weight is 319 g/mol. The van der Waals surface area contributed by atoms with Crippen molar-refractivity contribution in [1.29, 1.82) is 0 Å². The van der Waals surface area contributed by atoms with Crippen molar-refractivity contribution in [3.63, 3.8) is 0 Å². The first-order valence-corrected chi connectivity index (χ1v) is 7.38. The van der Waals surface area contributed by atoms with E-state index in [4.69, 9.17) is 25.8 Å². The van der Waals surface area contributed by atoms with Crippen LogP contribution in [-0.4, -0.2) is 19.2 Å². The number of carbonyl (C=O) groups excluding carboxylic acids is 1. The third-order valence-corrected chi connectivity index (χ3v) is 3.67. The molecule has 4 nitrogen and oxygen atoms in total. The van der Waals surface area contributed by atoms with E-state index in [1.807, 2.05) is 36.4 Å². The highest BCUT2D eigenvalue weighted by atomic mass is 35.5. The summed E-state index contributed by atoms with van der Waals surface area (Å²) in [5.74, 6) is 1.07. The summed E-state index contributed by atoms with van der Waals surface area (Å²) in [7, 11) is 0. The summed E-state index contributed by atoms with van der Waals surface area (Å²) in [6.45, 7) is 1.24. The van der Waals surface area contributed by atoms with Gasteiger partial charge in [0.25, 0.3) is 0 Å². The number of halogens is 1. The quantitative estimate of drug-likeness (QED) is 0.811. The molecule has 0 fully saturated rings. The van der Waals surface area contributed by atoms with Gasteiger partial charge in [0.15, 0.2) is 11.5 Å². The molecule has 114 valence electrons. The molecule has 2 aromatic rings. The standard InChI is InChI=1S/C17H15ClO4/c18-14-4-2-1-3-13(14)11-22-17(19)10-12-5-6-15-16(9-12)21-8-7-20-15/h1-6,9H,7-8,10-11H2. The van der Waals surface area contributed by atoms with E-state index in [0.717, 1.165) is 11.1 Å². The van der Waals surface area contributed by atoms with Gasteiger partial charge in [-0.3, -0.25) is 4.79 Å². The highest BCUT2D eigenvalue weighted by molar-refractivity contribution is 6.31. The molecule has 22 heavy (non-hydrogen) atoms. The minimum absolute atomic E-state index is 0.170. The molecule has 0 spiro atoms. The third kappa shape index (κ3) is 3.52. The molecule has 0 amide bonds. The first-order chi connectivity index (χ1) is 10.7. The van der Waals surface area contributed by atoms with Crippen LogP contribution in [0.15, 0.2) is 42.5 Å². The zero-order valence-corrected chi connectivity index (χ0v) is 12.6. The van der Waals surface area contributed by atoms with E-state index in [1.165, 1.54) is 0 Å². The van der Waals surface area contributed by atoms with E-state index in [0.29, 0.717) is 29.7 Å². The van der Waals surface area contributed by atoms with Gasteiger partial charge in [-0.15, -0.1) is 0 Å². The number of rotatable bonds is 4. The number of carbonyl (C=O) groups is 1. The first-order valence-electron chi connectivity index (χ1n) is 7.00. The fourth-order valence-electron chi connectivity index (χ4n) is 2.19. The summed E-state index contributed by atoms with van der Waals surface area (Å²) < 4.78 is 16.2. The van der Waals surface area contributed by atoms with Crippen LogP contribution in [0.3, 0.4) is 0 Å². The molecule has 0 saturated heterocycles. The van der Waals surface area contributed by atoms with Crippen molar-refractivity contribution in [2.24, 2.45) is 0 Å². The first kappa shape index (κ1) is 14.7. The van der Waals surface area contributed by atoms with E-state index < -0.39 is 0 Å². The van der Waals surface area contributed by atoms with Crippen molar-refractivity contribution < 1.29 is 19.0 Å². The van der Waals surface area contributed by atoms with Crippen LogP contribution in [0.5, 0.6) is 11.5 Å². The predicted octanol–water partition coefficient (Wildman–Crippen LogP) is 3.40. The second kappa shape index (κ2) is 6.71. The maximum absolute atomic E-state index is 11.9. The van der Waals surface area contributed by atoms with Crippen molar-refractivity contribution in [3.05, 3.63) is 58.6 Å². The van der Waals surface area contributed by atoms with Crippen molar-refractivity contribution in [1.82, 2.24) is 0 Å². The number of esters is 1. The largest absolute Gasteiger partial charge is 0.486 e. The third-order valence-electron chi connectivity index (χ3n) is 3.30. The number of fused-ring (bicyclic) bond motifs is 1. The fraction of sp³-hybridized carbons (Fsp3) is 0.235. The van der Waals surface area contributed by atoms with Gasteiger partial charge in [-0.25, -0.2) is 0 Å². The molecule has 2 aromatic carbocycles. The van der Waals surface area contributed by atoms with Crippen LogP contribution in [0, 0.1) is 0 Å². The molecular weight excluding hydrogens is 304 g/mol. The van der Waals surface area contributed by atoms with Crippen molar-refractivity contribution in [3.8, 4) is 11.5 Å². The highest BCUT2D eigenvalue weighted by Crippen LogP contribution is 2.30. The summed E-state index contributed by atoms with van der Waals surface area (Å²) in [6, 6.07) is 12.8. The van der Waals surface area contributed by atoms with E-state index in [-0.39, 0.29) is 19.0 Å². The fourth-order valence-corrected chi connectivity index (χ4v) is 2.38. The molecule has 0 aromatic heterocycles. The Balaban J connectivity index is 1.59. The lowest BCUT2D eigenvalue weighted by molar-refractivity contribution is -0.144. The summed E-state index contributed by atoms with van der Waals surface area (Å²) >= 11 is 6.03. The Morgan fingerprint density at radius 2 is 1.86 bits per heavy atom. The number of benzene rings is 2. The molecule has 1 heterocycles. The summed E-state index contributed by atoms with van der Waals surface area (Å²) in [6.07, 6.45) is 0.182. The lowest BCUT2D eigenvalue weighted by atomic mass is 10.1. The van der Waals surface area contributed by atoms with Gasteiger partial charge in [-0.05, 0) is 23.8 Å². The number of hydrogen-bond acceptors (Lipinski definition) is 4. The molecule has 0 unspecified atom stereocenters.